The number of hydrogen-bond acceptors (Lipinski definition) is 10. The molecule has 0 aromatic heterocycles. The molecule has 2 aliphatic rings. The summed E-state index contributed by atoms with van der Waals surface area (Å²) in [5.74, 6) is 1.50. The van der Waals surface area contributed by atoms with Gasteiger partial charge in [-0.05, 0) is 50.2 Å². The topological polar surface area (TPSA) is 170 Å². The Kier molecular flexibility index (Phi) is 11.4. The van der Waals surface area contributed by atoms with Crippen LogP contribution in [0.3, 0.4) is 0 Å². The van der Waals surface area contributed by atoms with Crippen LogP contribution in [-0.4, -0.2) is 97.6 Å². The lowest BCUT2D eigenvalue weighted by molar-refractivity contribution is 0.0672. The molecule has 45 heavy (non-hydrogen) atoms. The molecule has 0 bridgehead atoms. The van der Waals surface area contributed by atoms with Gasteiger partial charge in [-0.25, -0.2) is 0 Å². The van der Waals surface area contributed by atoms with E-state index in [0.717, 1.165) is 31.3 Å². The molecule has 0 spiro atoms. The van der Waals surface area contributed by atoms with Crippen LogP contribution < -0.4 is 30.4 Å². The van der Waals surface area contributed by atoms with Gasteiger partial charge in [-0.3, -0.25) is 9.59 Å². The lowest BCUT2D eigenvalue weighted by atomic mass is 10.1. The summed E-state index contributed by atoms with van der Waals surface area (Å²) in [7, 11) is 3.01. The zero-order chi connectivity index (χ0) is 32.7. The summed E-state index contributed by atoms with van der Waals surface area (Å²) < 4.78 is 22.8. The van der Waals surface area contributed by atoms with Crippen molar-refractivity contribution in [3.63, 3.8) is 0 Å². The van der Waals surface area contributed by atoms with Crippen molar-refractivity contribution >= 4 is 23.2 Å². The quantitative estimate of drug-likeness (QED) is 0.139. The molecule has 246 valence electrons. The van der Waals surface area contributed by atoms with Crippen molar-refractivity contribution in [2.75, 3.05) is 65.2 Å². The molecule has 0 saturated carbocycles. The fourth-order valence-corrected chi connectivity index (χ4v) is 5.97. The Labute approximate surface area is 264 Å². The van der Waals surface area contributed by atoms with E-state index in [2.05, 4.69) is 13.5 Å². The Morgan fingerprint density at radius 3 is 1.82 bits per heavy atom. The van der Waals surface area contributed by atoms with Crippen LogP contribution in [0.1, 0.15) is 59.7 Å². The molecule has 4 rings (SSSR count). The molecule has 2 amide bonds. The molecule has 0 radical (unpaired) electrons. The van der Waals surface area contributed by atoms with E-state index >= 15 is 0 Å². The second-order valence-electron chi connectivity index (χ2n) is 11.8. The molecule has 2 aromatic carbocycles. The van der Waals surface area contributed by atoms with Crippen molar-refractivity contribution in [1.29, 1.82) is 0 Å². The predicted octanol–water partition coefficient (Wildman–Crippen LogP) is 3.10. The van der Waals surface area contributed by atoms with Crippen LogP contribution in [0.25, 0.3) is 0 Å². The van der Waals surface area contributed by atoms with E-state index in [1.807, 2.05) is 0 Å². The van der Waals surface area contributed by atoms with Gasteiger partial charge in [0.25, 0.3) is 11.8 Å². The molecule has 2 aromatic rings. The van der Waals surface area contributed by atoms with E-state index in [0.29, 0.717) is 72.9 Å². The molecule has 12 heteroatoms. The maximum absolute atomic E-state index is 13.2. The Morgan fingerprint density at radius 1 is 0.822 bits per heavy atom. The molecule has 2 fully saturated rings. The molecule has 3 atom stereocenters. The van der Waals surface area contributed by atoms with Gasteiger partial charge >= 0.3 is 0 Å². The minimum Gasteiger partial charge on any atom is -0.493 e. The predicted molar refractivity (Wildman–Crippen MR) is 171 cm³/mol. The Hall–Kier alpha value is -4.16. The Bertz CT molecular complexity index is 1380. The SMILES string of the molecule is C=C1C[C@@H](CO)N(C(=O)c2cc(OC)c(OCCCCCOc3cc(N)c(C(=O)N4CC(C)C[C@H]4CO)cc3OC)cc2N)C1. The molecular formula is C33H46N4O8. The molecule has 12 nitrogen and oxygen atoms in total. The standard InChI is InChI=1S/C33H46N4O8/c1-20-10-22(18-38)36(16-20)32(40)24-12-28(42-3)30(14-26(24)34)44-8-6-5-7-9-45-31-15-27(35)25(13-29(31)43-4)33(41)37-17-21(2)11-23(37)19-39/h12-15,21-23,38-39H,1,5-11,16-19,34-35H2,2-4H3/t21?,22-,23-/m0/s1. The first-order chi connectivity index (χ1) is 21.6. The van der Waals surface area contributed by atoms with Crippen molar-refractivity contribution in [1.82, 2.24) is 9.80 Å². The summed E-state index contributed by atoms with van der Waals surface area (Å²) in [6, 6.07) is 5.84. The van der Waals surface area contributed by atoms with E-state index in [1.165, 1.54) is 14.2 Å². The third kappa shape index (κ3) is 7.74. The average Bonchev–Trinajstić information content (AvgIpc) is 3.61. The molecular weight excluding hydrogens is 580 g/mol. The summed E-state index contributed by atoms with van der Waals surface area (Å²) >= 11 is 0. The summed E-state index contributed by atoms with van der Waals surface area (Å²) in [5, 5.41) is 19.4. The summed E-state index contributed by atoms with van der Waals surface area (Å²) in [6.07, 6.45) is 3.58. The highest BCUT2D eigenvalue weighted by molar-refractivity contribution is 6.01. The summed E-state index contributed by atoms with van der Waals surface area (Å²) in [5.41, 5.74) is 14.6. The number of nitrogen functional groups attached to an aromatic ring is 2. The molecule has 2 aliphatic heterocycles. The van der Waals surface area contributed by atoms with Gasteiger partial charge in [-0.15, -0.1) is 0 Å². The number of carbonyl (C=O) groups is 2. The normalized spacial score (nSPS) is 19.6. The van der Waals surface area contributed by atoms with Gasteiger partial charge in [0.15, 0.2) is 23.0 Å². The van der Waals surface area contributed by atoms with E-state index in [-0.39, 0.29) is 48.4 Å². The number of ether oxygens (including phenoxy) is 4. The molecule has 2 heterocycles. The largest absolute Gasteiger partial charge is 0.493 e. The van der Waals surface area contributed by atoms with Gasteiger partial charge in [0, 0.05) is 36.6 Å². The number of anilines is 2. The highest BCUT2D eigenvalue weighted by atomic mass is 16.5. The lowest BCUT2D eigenvalue weighted by Crippen LogP contribution is -2.38. The van der Waals surface area contributed by atoms with Gasteiger partial charge < -0.3 is 50.4 Å². The van der Waals surface area contributed by atoms with E-state index < -0.39 is 0 Å². The number of benzene rings is 2. The van der Waals surface area contributed by atoms with Crippen LogP contribution in [0.5, 0.6) is 23.0 Å². The van der Waals surface area contributed by atoms with Crippen LogP contribution in [-0.2, 0) is 0 Å². The van der Waals surface area contributed by atoms with Crippen molar-refractivity contribution in [3.8, 4) is 23.0 Å². The van der Waals surface area contributed by atoms with Gasteiger partial charge in [0.05, 0.1) is 63.9 Å². The number of hydrogen-bond donors (Lipinski definition) is 4. The van der Waals surface area contributed by atoms with E-state index in [9.17, 15) is 19.8 Å². The van der Waals surface area contributed by atoms with Crippen LogP contribution in [0.15, 0.2) is 36.4 Å². The van der Waals surface area contributed by atoms with Gasteiger partial charge in [-0.1, -0.05) is 19.1 Å². The van der Waals surface area contributed by atoms with Crippen LogP contribution >= 0.6 is 0 Å². The first kappa shape index (κ1) is 33.7. The number of aliphatic hydroxyl groups excluding tert-OH is 2. The number of nitrogens with zero attached hydrogens (tertiary/aromatic N) is 2. The molecule has 2 saturated heterocycles. The second-order valence-corrected chi connectivity index (χ2v) is 11.8. The fourth-order valence-electron chi connectivity index (χ4n) is 5.97. The number of carbonyl (C=O) groups excluding carboxylic acids is 2. The Morgan fingerprint density at radius 2 is 1.33 bits per heavy atom. The second kappa shape index (κ2) is 15.2. The minimum absolute atomic E-state index is 0.0867. The number of methoxy groups -OCH3 is 2. The smallest absolute Gasteiger partial charge is 0.256 e. The highest BCUT2D eigenvalue weighted by Crippen LogP contribution is 2.36. The number of likely N-dealkylation sites (tertiary alicyclic amines) is 2. The first-order valence-electron chi connectivity index (χ1n) is 15.3. The lowest BCUT2D eigenvalue weighted by Gasteiger charge is -2.24. The third-order valence-electron chi connectivity index (χ3n) is 8.36. The number of amides is 2. The van der Waals surface area contributed by atoms with E-state index in [1.54, 1.807) is 34.1 Å². The summed E-state index contributed by atoms with van der Waals surface area (Å²) in [6.45, 7) is 7.52. The fraction of sp³-hybridized carbons (Fsp3) is 0.515. The number of nitrogens with two attached hydrogens (primary N) is 2. The molecule has 1 unspecified atom stereocenters. The van der Waals surface area contributed by atoms with Crippen LogP contribution in [0.2, 0.25) is 0 Å². The van der Waals surface area contributed by atoms with Gasteiger partial charge in [0.2, 0.25) is 0 Å². The zero-order valence-corrected chi connectivity index (χ0v) is 26.4. The number of aliphatic hydroxyl groups is 2. The van der Waals surface area contributed by atoms with Crippen molar-refractivity contribution < 1.29 is 38.7 Å². The van der Waals surface area contributed by atoms with Gasteiger partial charge in [0.1, 0.15) is 0 Å². The highest BCUT2D eigenvalue weighted by Gasteiger charge is 2.35. The molecule has 0 aliphatic carbocycles. The molecule has 6 N–H and O–H groups in total. The maximum Gasteiger partial charge on any atom is 0.256 e. The van der Waals surface area contributed by atoms with Gasteiger partial charge in [-0.2, -0.15) is 0 Å². The van der Waals surface area contributed by atoms with Crippen molar-refractivity contribution in [3.05, 3.63) is 47.5 Å². The number of unbranched alkanes of at least 4 members (excludes halogenated alkanes) is 2. The zero-order valence-electron chi connectivity index (χ0n) is 26.4. The first-order valence-corrected chi connectivity index (χ1v) is 15.3. The summed E-state index contributed by atoms with van der Waals surface area (Å²) in [4.78, 5) is 29.6. The number of rotatable bonds is 14. The van der Waals surface area contributed by atoms with Crippen LogP contribution in [0.4, 0.5) is 11.4 Å². The maximum atomic E-state index is 13.2. The van der Waals surface area contributed by atoms with Crippen LogP contribution in [0, 0.1) is 5.92 Å². The Balaban J connectivity index is 1.27. The minimum atomic E-state index is -0.318. The van der Waals surface area contributed by atoms with Crippen molar-refractivity contribution in [2.45, 2.75) is 51.1 Å². The van der Waals surface area contributed by atoms with E-state index in [4.69, 9.17) is 30.4 Å². The monoisotopic (exact) mass is 626 g/mol. The average molecular weight is 627 g/mol. The third-order valence-corrected chi connectivity index (χ3v) is 8.36. The van der Waals surface area contributed by atoms with Crippen molar-refractivity contribution in [2.24, 2.45) is 5.92 Å².